The van der Waals surface area contributed by atoms with Crippen LogP contribution in [0, 0.1) is 5.82 Å². The number of fused-ring (bicyclic) bond motifs is 1. The highest BCUT2D eigenvalue weighted by atomic mass is 19.1. The third-order valence-electron chi connectivity index (χ3n) is 5.15. The maximum atomic E-state index is 13.3. The quantitative estimate of drug-likeness (QED) is 0.614. The largest absolute Gasteiger partial charge is 0.493 e. The molecule has 9 heteroatoms. The van der Waals surface area contributed by atoms with E-state index in [1.807, 2.05) is 0 Å². The summed E-state index contributed by atoms with van der Waals surface area (Å²) >= 11 is 0. The SMILES string of the molecule is COc1ccc(C(=O)NNC(=O)c2nn(-c3ccc(F)cc3)c3c2CCC3)cc1OC. The van der Waals surface area contributed by atoms with E-state index in [2.05, 4.69) is 16.0 Å². The van der Waals surface area contributed by atoms with Gasteiger partial charge in [-0.3, -0.25) is 20.4 Å². The zero-order valence-corrected chi connectivity index (χ0v) is 17.1. The number of methoxy groups -OCH3 is 2. The Morgan fingerprint density at radius 1 is 0.968 bits per heavy atom. The van der Waals surface area contributed by atoms with E-state index in [-0.39, 0.29) is 11.5 Å². The first-order valence-corrected chi connectivity index (χ1v) is 9.71. The highest BCUT2D eigenvalue weighted by molar-refractivity contribution is 5.99. The molecule has 0 unspecified atom stereocenters. The molecule has 160 valence electrons. The smallest absolute Gasteiger partial charge is 0.290 e. The Morgan fingerprint density at radius 2 is 1.68 bits per heavy atom. The predicted molar refractivity (Wildman–Crippen MR) is 110 cm³/mol. The summed E-state index contributed by atoms with van der Waals surface area (Å²) in [7, 11) is 2.97. The van der Waals surface area contributed by atoms with Gasteiger partial charge in [0.2, 0.25) is 0 Å². The molecule has 3 aromatic rings. The highest BCUT2D eigenvalue weighted by Gasteiger charge is 2.27. The number of aromatic nitrogens is 2. The van der Waals surface area contributed by atoms with Crippen LogP contribution in [0.1, 0.15) is 38.5 Å². The number of benzene rings is 2. The van der Waals surface area contributed by atoms with Crippen LogP contribution in [-0.2, 0) is 12.8 Å². The number of hydrazine groups is 1. The van der Waals surface area contributed by atoms with E-state index in [0.717, 1.165) is 24.1 Å². The van der Waals surface area contributed by atoms with Crippen molar-refractivity contribution in [2.45, 2.75) is 19.3 Å². The van der Waals surface area contributed by atoms with Gasteiger partial charge in [-0.1, -0.05) is 0 Å². The van der Waals surface area contributed by atoms with Crippen LogP contribution in [0.5, 0.6) is 11.5 Å². The van der Waals surface area contributed by atoms with E-state index < -0.39 is 11.8 Å². The number of ether oxygens (including phenoxy) is 2. The molecule has 2 aromatic carbocycles. The van der Waals surface area contributed by atoms with Crippen LogP contribution < -0.4 is 20.3 Å². The molecule has 1 aliphatic carbocycles. The summed E-state index contributed by atoms with van der Waals surface area (Å²) in [5.41, 5.74) is 7.78. The topological polar surface area (TPSA) is 94.5 Å². The maximum Gasteiger partial charge on any atom is 0.290 e. The summed E-state index contributed by atoms with van der Waals surface area (Å²) in [6.45, 7) is 0. The molecular weight excluding hydrogens is 403 g/mol. The van der Waals surface area contributed by atoms with Crippen molar-refractivity contribution in [3.63, 3.8) is 0 Å². The number of rotatable bonds is 5. The van der Waals surface area contributed by atoms with Crippen LogP contribution >= 0.6 is 0 Å². The first-order chi connectivity index (χ1) is 15.0. The summed E-state index contributed by atoms with van der Waals surface area (Å²) in [6, 6.07) is 10.6. The molecule has 0 atom stereocenters. The molecule has 0 bridgehead atoms. The predicted octanol–water partition coefficient (Wildman–Crippen LogP) is 2.59. The molecule has 2 N–H and O–H groups in total. The first kappa shape index (κ1) is 20.4. The second-order valence-electron chi connectivity index (χ2n) is 6.99. The summed E-state index contributed by atoms with van der Waals surface area (Å²) in [5, 5.41) is 4.43. The first-order valence-electron chi connectivity index (χ1n) is 9.71. The Kier molecular flexibility index (Phi) is 5.57. The average Bonchev–Trinajstić information content (AvgIpc) is 3.40. The molecule has 0 spiro atoms. The van der Waals surface area contributed by atoms with Gasteiger partial charge < -0.3 is 9.47 Å². The number of amides is 2. The van der Waals surface area contributed by atoms with E-state index in [0.29, 0.717) is 29.2 Å². The molecule has 8 nitrogen and oxygen atoms in total. The van der Waals surface area contributed by atoms with Crippen molar-refractivity contribution in [2.75, 3.05) is 14.2 Å². The Morgan fingerprint density at radius 3 is 2.39 bits per heavy atom. The fourth-order valence-corrected chi connectivity index (χ4v) is 3.64. The Balaban J connectivity index is 1.51. The van der Waals surface area contributed by atoms with Crippen molar-refractivity contribution < 1.29 is 23.5 Å². The van der Waals surface area contributed by atoms with Gasteiger partial charge in [0, 0.05) is 16.8 Å². The van der Waals surface area contributed by atoms with Gasteiger partial charge in [-0.05, 0) is 61.7 Å². The Labute approximate surface area is 177 Å². The maximum absolute atomic E-state index is 13.3. The van der Waals surface area contributed by atoms with E-state index in [4.69, 9.17) is 9.47 Å². The zero-order valence-electron chi connectivity index (χ0n) is 17.1. The number of carbonyl (C=O) groups is 2. The summed E-state index contributed by atoms with van der Waals surface area (Å²) in [6.07, 6.45) is 2.38. The number of hydrogen-bond acceptors (Lipinski definition) is 5. The molecular formula is C22H21FN4O4. The molecule has 0 aliphatic heterocycles. The third kappa shape index (κ3) is 3.94. The molecule has 0 saturated heterocycles. The molecule has 4 rings (SSSR count). The van der Waals surface area contributed by atoms with Crippen LogP contribution in [0.3, 0.4) is 0 Å². The molecule has 0 radical (unpaired) electrons. The van der Waals surface area contributed by atoms with Gasteiger partial charge in [-0.2, -0.15) is 5.10 Å². The monoisotopic (exact) mass is 424 g/mol. The van der Waals surface area contributed by atoms with Crippen molar-refractivity contribution in [3.8, 4) is 17.2 Å². The molecule has 0 fully saturated rings. The van der Waals surface area contributed by atoms with Gasteiger partial charge in [-0.15, -0.1) is 0 Å². The van der Waals surface area contributed by atoms with Gasteiger partial charge in [0.05, 0.1) is 19.9 Å². The third-order valence-corrected chi connectivity index (χ3v) is 5.15. The standard InChI is InChI=1S/C22H21FN4O4/c1-30-18-11-6-13(12-19(18)31-2)21(28)24-25-22(29)20-16-4-3-5-17(16)27(26-20)15-9-7-14(23)8-10-15/h6-12H,3-5H2,1-2H3,(H,24,28)(H,25,29). The Hall–Kier alpha value is -3.88. The lowest BCUT2D eigenvalue weighted by molar-refractivity contribution is 0.0843. The van der Waals surface area contributed by atoms with Crippen molar-refractivity contribution in [3.05, 3.63) is 70.8 Å². The van der Waals surface area contributed by atoms with Crippen LogP contribution in [0.15, 0.2) is 42.5 Å². The van der Waals surface area contributed by atoms with Crippen molar-refractivity contribution in [1.29, 1.82) is 0 Å². The van der Waals surface area contributed by atoms with Crippen LogP contribution in [-0.4, -0.2) is 35.8 Å². The molecule has 0 saturated carbocycles. The lowest BCUT2D eigenvalue weighted by atomic mass is 10.2. The fraction of sp³-hybridized carbons (Fsp3) is 0.227. The Bertz CT molecular complexity index is 1140. The average molecular weight is 424 g/mol. The van der Waals surface area contributed by atoms with Gasteiger partial charge in [0.15, 0.2) is 17.2 Å². The summed E-state index contributed by atoms with van der Waals surface area (Å²) < 4.78 is 25.3. The van der Waals surface area contributed by atoms with E-state index in [1.54, 1.807) is 28.9 Å². The molecule has 1 aromatic heterocycles. The minimum absolute atomic E-state index is 0.240. The van der Waals surface area contributed by atoms with Gasteiger partial charge in [-0.25, -0.2) is 9.07 Å². The summed E-state index contributed by atoms with van der Waals surface area (Å²) in [4.78, 5) is 25.2. The van der Waals surface area contributed by atoms with Crippen molar-refractivity contribution in [1.82, 2.24) is 20.6 Å². The lowest BCUT2D eigenvalue weighted by Gasteiger charge is -2.10. The minimum atomic E-state index is -0.521. The van der Waals surface area contributed by atoms with Gasteiger partial charge in [0.25, 0.3) is 11.8 Å². The fourth-order valence-electron chi connectivity index (χ4n) is 3.64. The number of nitrogens with zero attached hydrogens (tertiary/aromatic N) is 2. The van der Waals surface area contributed by atoms with E-state index >= 15 is 0 Å². The number of carbonyl (C=O) groups excluding carboxylic acids is 2. The van der Waals surface area contributed by atoms with E-state index in [1.165, 1.54) is 32.4 Å². The second-order valence-corrected chi connectivity index (χ2v) is 6.99. The lowest BCUT2D eigenvalue weighted by Crippen LogP contribution is -2.42. The highest BCUT2D eigenvalue weighted by Crippen LogP contribution is 2.28. The second kappa shape index (κ2) is 8.47. The van der Waals surface area contributed by atoms with Crippen molar-refractivity contribution in [2.24, 2.45) is 0 Å². The van der Waals surface area contributed by atoms with Gasteiger partial charge in [0.1, 0.15) is 5.82 Å². The number of hydrogen-bond donors (Lipinski definition) is 2. The van der Waals surface area contributed by atoms with Crippen molar-refractivity contribution >= 4 is 11.8 Å². The molecule has 1 aliphatic rings. The van der Waals surface area contributed by atoms with Crippen LogP contribution in [0.2, 0.25) is 0 Å². The van der Waals surface area contributed by atoms with Gasteiger partial charge >= 0.3 is 0 Å². The van der Waals surface area contributed by atoms with Crippen LogP contribution in [0.25, 0.3) is 5.69 Å². The summed E-state index contributed by atoms with van der Waals surface area (Å²) in [5.74, 6) is -0.484. The zero-order chi connectivity index (χ0) is 22.0. The van der Waals surface area contributed by atoms with Crippen LogP contribution in [0.4, 0.5) is 4.39 Å². The number of halogens is 1. The minimum Gasteiger partial charge on any atom is -0.493 e. The normalized spacial score (nSPS) is 12.2. The molecule has 2 amide bonds. The van der Waals surface area contributed by atoms with E-state index in [9.17, 15) is 14.0 Å². The molecule has 1 heterocycles. The number of nitrogens with one attached hydrogen (secondary N) is 2. The molecule has 31 heavy (non-hydrogen) atoms.